The van der Waals surface area contributed by atoms with Gasteiger partial charge in [0.15, 0.2) is 0 Å². The molecule has 0 atom stereocenters. The van der Waals surface area contributed by atoms with Crippen molar-refractivity contribution in [3.63, 3.8) is 0 Å². The Morgan fingerprint density at radius 1 is 0.409 bits per heavy atom. The summed E-state index contributed by atoms with van der Waals surface area (Å²) < 4.78 is 32.4. The Bertz CT molecular complexity index is 1950. The third-order valence-electron chi connectivity index (χ3n) is 7.23. The molecular weight excluding hydrogens is 580 g/mol. The van der Waals surface area contributed by atoms with E-state index in [4.69, 9.17) is 28.4 Å². The maximum Gasteiger partial charge on any atom is 0.355 e. The second-order valence-corrected chi connectivity index (χ2v) is 9.20. The van der Waals surface area contributed by atoms with Crippen molar-refractivity contribution in [1.82, 2.24) is 8.80 Å². The van der Waals surface area contributed by atoms with E-state index in [-0.39, 0.29) is 44.6 Å². The smallest absolute Gasteiger partial charge is 0.355 e. The molecule has 14 nitrogen and oxygen atoms in total. The monoisotopic (exact) mass is 604 g/mol. The highest BCUT2D eigenvalue weighted by Crippen LogP contribution is 2.37. The second-order valence-electron chi connectivity index (χ2n) is 9.20. The van der Waals surface area contributed by atoms with Crippen LogP contribution in [0.1, 0.15) is 62.4 Å². The number of fused-ring (bicyclic) bond motifs is 7. The topological polar surface area (TPSA) is 167 Å². The molecule has 4 aromatic heterocycles. The summed E-state index contributed by atoms with van der Waals surface area (Å²) >= 11 is 0. The molecule has 14 heteroatoms. The van der Waals surface area contributed by atoms with Gasteiger partial charge in [-0.2, -0.15) is 0 Å². The number of ether oxygens (including phenoxy) is 6. The van der Waals surface area contributed by atoms with Gasteiger partial charge in [-0.05, 0) is 12.1 Å². The number of hydrogen-bond donors (Lipinski definition) is 0. The predicted molar refractivity (Wildman–Crippen MR) is 151 cm³/mol. The fourth-order valence-electron chi connectivity index (χ4n) is 5.45. The number of rotatable bonds is 6. The van der Waals surface area contributed by atoms with Crippen LogP contribution < -0.4 is 0 Å². The zero-order valence-electron chi connectivity index (χ0n) is 24.3. The maximum atomic E-state index is 13.4. The molecule has 0 aliphatic heterocycles. The maximum absolute atomic E-state index is 13.4. The Labute approximate surface area is 247 Å². The van der Waals surface area contributed by atoms with Crippen molar-refractivity contribution >= 4 is 68.7 Å². The van der Waals surface area contributed by atoms with Crippen molar-refractivity contribution in [2.45, 2.75) is 0 Å². The van der Waals surface area contributed by atoms with E-state index in [1.807, 2.05) is 0 Å². The van der Waals surface area contributed by atoms with E-state index < -0.39 is 46.9 Å². The second kappa shape index (κ2) is 11.1. The lowest BCUT2D eigenvalue weighted by atomic mass is 10.1. The normalized spacial score (nSPS) is 11.0. The highest BCUT2D eigenvalue weighted by Gasteiger charge is 2.37. The molecule has 0 amide bonds. The lowest BCUT2D eigenvalue weighted by Crippen LogP contribution is -2.16. The number of carbonyl (C=O) groups is 6. The summed E-state index contributed by atoms with van der Waals surface area (Å²) in [5.41, 5.74) is -1.68. The van der Waals surface area contributed by atoms with Crippen LogP contribution in [-0.4, -0.2) is 87.3 Å². The van der Waals surface area contributed by atoms with Crippen LogP contribution >= 0.6 is 0 Å². The summed E-state index contributed by atoms with van der Waals surface area (Å²) in [6.07, 6.45) is 0. The number of carbonyl (C=O) groups excluding carboxylic acids is 6. The van der Waals surface area contributed by atoms with E-state index in [1.54, 1.807) is 24.3 Å². The molecule has 0 unspecified atom stereocenters. The first-order chi connectivity index (χ1) is 21.1. The van der Waals surface area contributed by atoms with Crippen molar-refractivity contribution in [3.05, 3.63) is 70.0 Å². The summed E-state index contributed by atoms with van der Waals surface area (Å²) in [7, 11) is 6.55. The molecule has 0 aliphatic carbocycles. The van der Waals surface area contributed by atoms with E-state index in [0.717, 1.165) is 42.7 Å². The molecule has 5 aromatic rings. The van der Waals surface area contributed by atoms with Crippen LogP contribution in [0.5, 0.6) is 0 Å². The number of aromatic nitrogens is 2. The zero-order chi connectivity index (χ0) is 32.0. The average molecular weight is 605 g/mol. The molecule has 44 heavy (non-hydrogen) atoms. The quantitative estimate of drug-likeness (QED) is 0.158. The first kappa shape index (κ1) is 29.6. The van der Waals surface area contributed by atoms with Crippen LogP contribution in [0.2, 0.25) is 0 Å². The van der Waals surface area contributed by atoms with Gasteiger partial charge in [0.05, 0.1) is 64.7 Å². The SMILES string of the molecule is COC(=O)c1c(C(=O)OC)c2ccc3ccc4ccc5c(C(=O)OC)c(C(=O)OC)c(C(=O)OC)n5c4c3n2c1C(=O)OC. The molecule has 0 saturated carbocycles. The summed E-state index contributed by atoms with van der Waals surface area (Å²) in [4.78, 5) is 79.1. The van der Waals surface area contributed by atoms with Crippen LogP contribution in [0.3, 0.4) is 0 Å². The largest absolute Gasteiger partial charge is 0.465 e. The molecule has 0 radical (unpaired) electrons. The van der Waals surface area contributed by atoms with Gasteiger partial charge in [0.2, 0.25) is 0 Å². The summed E-state index contributed by atoms with van der Waals surface area (Å²) in [6, 6.07) is 9.61. The van der Waals surface area contributed by atoms with Gasteiger partial charge in [-0.3, -0.25) is 8.80 Å². The summed E-state index contributed by atoms with van der Waals surface area (Å²) in [5, 5.41) is 0.906. The Balaban J connectivity index is 2.22. The predicted octanol–water partition coefficient (Wildman–Crippen LogP) is 3.22. The number of esters is 6. The average Bonchev–Trinajstić information content (AvgIpc) is 3.59. The van der Waals surface area contributed by atoms with Crippen molar-refractivity contribution in [2.75, 3.05) is 42.7 Å². The Morgan fingerprint density at radius 2 is 0.682 bits per heavy atom. The van der Waals surface area contributed by atoms with Gasteiger partial charge in [0, 0.05) is 10.8 Å². The van der Waals surface area contributed by atoms with E-state index in [2.05, 4.69) is 0 Å². The molecule has 1 aromatic carbocycles. The number of nitrogens with zero attached hydrogens (tertiary/aromatic N) is 2. The van der Waals surface area contributed by atoms with Gasteiger partial charge >= 0.3 is 35.8 Å². The van der Waals surface area contributed by atoms with Crippen LogP contribution in [0.25, 0.3) is 32.8 Å². The number of methoxy groups -OCH3 is 6. The Kier molecular flexibility index (Phi) is 7.43. The highest BCUT2D eigenvalue weighted by atomic mass is 16.5. The molecule has 0 aliphatic rings. The first-order valence-electron chi connectivity index (χ1n) is 12.7. The lowest BCUT2D eigenvalue weighted by molar-refractivity contribution is 0.0535. The summed E-state index contributed by atoms with van der Waals surface area (Å²) in [6.45, 7) is 0. The molecule has 4 heterocycles. The van der Waals surface area contributed by atoms with Gasteiger partial charge < -0.3 is 28.4 Å². The Hall–Kier alpha value is -5.92. The van der Waals surface area contributed by atoms with Gasteiger partial charge in [0.1, 0.15) is 33.6 Å². The van der Waals surface area contributed by atoms with E-state index >= 15 is 0 Å². The number of hydrogen-bond acceptors (Lipinski definition) is 12. The van der Waals surface area contributed by atoms with Gasteiger partial charge in [-0.1, -0.05) is 24.3 Å². The van der Waals surface area contributed by atoms with E-state index in [0.29, 0.717) is 10.8 Å². The van der Waals surface area contributed by atoms with Crippen LogP contribution in [0.15, 0.2) is 36.4 Å². The van der Waals surface area contributed by atoms with Gasteiger partial charge in [0.25, 0.3) is 0 Å². The van der Waals surface area contributed by atoms with E-state index in [1.165, 1.54) is 20.9 Å². The minimum Gasteiger partial charge on any atom is -0.465 e. The minimum atomic E-state index is -1.02. The standard InChI is InChI=1S/C30H24N2O12/c1-39-25(33)17-15-11-9-13-7-8-14-10-12-16-18(26(34)40-2)20(28(36)42-4)24(30(38)44-6)32(16)22(14)21(13)31(15)23(29(37)43-5)19(17)27(35)41-3/h7-12H,1-6H3. The molecule has 226 valence electrons. The van der Waals surface area contributed by atoms with Gasteiger partial charge in [-0.15, -0.1) is 0 Å². The minimum absolute atomic E-state index is 0.0582. The van der Waals surface area contributed by atoms with Crippen molar-refractivity contribution < 1.29 is 57.2 Å². The third-order valence-corrected chi connectivity index (χ3v) is 7.23. The first-order valence-corrected chi connectivity index (χ1v) is 12.7. The molecule has 0 spiro atoms. The molecule has 0 bridgehead atoms. The number of pyridine rings is 2. The molecule has 5 rings (SSSR count). The van der Waals surface area contributed by atoms with Crippen LogP contribution in [0, 0.1) is 0 Å². The van der Waals surface area contributed by atoms with E-state index in [9.17, 15) is 28.8 Å². The van der Waals surface area contributed by atoms with Crippen LogP contribution in [-0.2, 0) is 28.4 Å². The lowest BCUT2D eigenvalue weighted by Gasteiger charge is -2.14. The zero-order valence-corrected chi connectivity index (χ0v) is 24.3. The van der Waals surface area contributed by atoms with Gasteiger partial charge in [-0.25, -0.2) is 28.8 Å². The Morgan fingerprint density at radius 3 is 0.977 bits per heavy atom. The highest BCUT2D eigenvalue weighted by molar-refractivity contribution is 6.20. The van der Waals surface area contributed by atoms with Crippen molar-refractivity contribution in [2.24, 2.45) is 0 Å². The fraction of sp³-hybridized carbons (Fsp3) is 0.200. The van der Waals surface area contributed by atoms with Crippen molar-refractivity contribution in [3.8, 4) is 0 Å². The van der Waals surface area contributed by atoms with Crippen LogP contribution in [0.4, 0.5) is 0 Å². The molecule has 0 fully saturated rings. The molecular formula is C30H24N2O12. The molecule has 0 N–H and O–H groups in total. The number of benzene rings is 1. The third kappa shape index (κ3) is 4.02. The summed E-state index contributed by atoms with van der Waals surface area (Å²) in [5.74, 6) is -5.94. The van der Waals surface area contributed by atoms with Crippen molar-refractivity contribution in [1.29, 1.82) is 0 Å². The fourth-order valence-corrected chi connectivity index (χ4v) is 5.45. The molecule has 0 saturated heterocycles.